The van der Waals surface area contributed by atoms with Gasteiger partial charge in [-0.3, -0.25) is 0 Å². The van der Waals surface area contributed by atoms with E-state index in [4.69, 9.17) is 30.5 Å². The Morgan fingerprint density at radius 1 is 1.12 bits per heavy atom. The average molecular weight is 444 g/mol. The SMILES string of the molecule is COCCOC(=O)c1cccc(OC(=O)COc2ccc(Br)cc2Cl)c1. The highest BCUT2D eigenvalue weighted by Crippen LogP contribution is 2.27. The van der Waals surface area contributed by atoms with Crippen molar-refractivity contribution in [2.45, 2.75) is 0 Å². The maximum absolute atomic E-state index is 11.9. The largest absolute Gasteiger partial charge is 0.480 e. The quantitative estimate of drug-likeness (QED) is 0.350. The maximum atomic E-state index is 11.9. The molecule has 26 heavy (non-hydrogen) atoms. The van der Waals surface area contributed by atoms with E-state index < -0.39 is 11.9 Å². The van der Waals surface area contributed by atoms with Gasteiger partial charge in [-0.05, 0) is 36.4 Å². The summed E-state index contributed by atoms with van der Waals surface area (Å²) in [7, 11) is 1.51. The molecule has 0 fully saturated rings. The standard InChI is InChI=1S/C18H16BrClO6/c1-23-7-8-24-18(22)12-3-2-4-14(9-12)26-17(21)11-25-16-6-5-13(19)10-15(16)20/h2-6,9-10H,7-8,11H2,1H3. The first-order valence-corrected chi connectivity index (χ1v) is 8.71. The second kappa shape index (κ2) is 10.2. The Morgan fingerprint density at radius 2 is 1.92 bits per heavy atom. The fraction of sp³-hybridized carbons (Fsp3) is 0.222. The molecule has 8 heteroatoms. The Bertz CT molecular complexity index is 780. The van der Waals surface area contributed by atoms with Crippen LogP contribution in [0.3, 0.4) is 0 Å². The molecule has 0 spiro atoms. The fourth-order valence-corrected chi connectivity index (χ4v) is 2.61. The van der Waals surface area contributed by atoms with E-state index in [2.05, 4.69) is 15.9 Å². The Balaban J connectivity index is 1.90. The molecule has 0 saturated heterocycles. The number of esters is 2. The number of carbonyl (C=O) groups excluding carboxylic acids is 2. The number of hydrogen-bond donors (Lipinski definition) is 0. The number of methoxy groups -OCH3 is 1. The summed E-state index contributed by atoms with van der Waals surface area (Å²) in [5.41, 5.74) is 0.267. The molecule has 0 radical (unpaired) electrons. The van der Waals surface area contributed by atoms with Crippen LogP contribution in [0.2, 0.25) is 5.02 Å². The molecule has 0 atom stereocenters. The minimum Gasteiger partial charge on any atom is -0.480 e. The Hall–Kier alpha value is -2.09. The van der Waals surface area contributed by atoms with Crippen molar-refractivity contribution in [2.24, 2.45) is 0 Å². The predicted octanol–water partition coefficient (Wildman–Crippen LogP) is 3.89. The highest BCUT2D eigenvalue weighted by molar-refractivity contribution is 9.10. The van der Waals surface area contributed by atoms with Crippen molar-refractivity contribution in [1.29, 1.82) is 0 Å². The number of rotatable bonds is 8. The first-order chi connectivity index (χ1) is 12.5. The zero-order valence-corrected chi connectivity index (χ0v) is 16.2. The Labute approximate surface area is 164 Å². The van der Waals surface area contributed by atoms with Crippen LogP contribution < -0.4 is 9.47 Å². The van der Waals surface area contributed by atoms with Gasteiger partial charge in [0.15, 0.2) is 6.61 Å². The lowest BCUT2D eigenvalue weighted by molar-refractivity contribution is -0.136. The van der Waals surface area contributed by atoms with E-state index in [1.807, 2.05) is 0 Å². The van der Waals surface area contributed by atoms with Crippen LogP contribution in [0, 0.1) is 0 Å². The molecule has 0 aliphatic carbocycles. The second-order valence-corrected chi connectivity index (χ2v) is 6.32. The Morgan fingerprint density at radius 3 is 2.65 bits per heavy atom. The molecular formula is C18H16BrClO6. The van der Waals surface area contributed by atoms with Gasteiger partial charge in [-0.2, -0.15) is 0 Å². The van der Waals surface area contributed by atoms with Gasteiger partial charge in [-0.25, -0.2) is 9.59 Å². The minimum absolute atomic E-state index is 0.140. The van der Waals surface area contributed by atoms with Gasteiger partial charge in [0, 0.05) is 11.6 Å². The van der Waals surface area contributed by atoms with Gasteiger partial charge in [-0.15, -0.1) is 0 Å². The lowest BCUT2D eigenvalue weighted by atomic mass is 10.2. The zero-order chi connectivity index (χ0) is 18.9. The van der Waals surface area contributed by atoms with Crippen molar-refractivity contribution in [2.75, 3.05) is 26.9 Å². The van der Waals surface area contributed by atoms with Gasteiger partial charge in [-0.1, -0.05) is 33.6 Å². The van der Waals surface area contributed by atoms with Gasteiger partial charge < -0.3 is 18.9 Å². The van der Waals surface area contributed by atoms with Crippen LogP contribution in [0.4, 0.5) is 0 Å². The van der Waals surface area contributed by atoms with Gasteiger partial charge in [0.25, 0.3) is 0 Å². The lowest BCUT2D eigenvalue weighted by Crippen LogP contribution is -2.18. The summed E-state index contributed by atoms with van der Waals surface area (Å²) in [5.74, 6) is -0.587. The van der Waals surface area contributed by atoms with Crippen LogP contribution in [0.5, 0.6) is 11.5 Å². The third-order valence-corrected chi connectivity index (χ3v) is 3.85. The van der Waals surface area contributed by atoms with Crippen LogP contribution in [-0.2, 0) is 14.3 Å². The summed E-state index contributed by atoms with van der Waals surface area (Å²) in [4.78, 5) is 23.8. The molecule has 0 saturated carbocycles. The Kier molecular flexibility index (Phi) is 7.90. The van der Waals surface area contributed by atoms with Crippen molar-refractivity contribution in [3.05, 3.63) is 57.5 Å². The zero-order valence-electron chi connectivity index (χ0n) is 13.9. The first kappa shape index (κ1) is 20.2. The van der Waals surface area contributed by atoms with Crippen LogP contribution in [0.15, 0.2) is 46.9 Å². The predicted molar refractivity (Wildman–Crippen MR) is 98.9 cm³/mol. The van der Waals surface area contributed by atoms with Crippen molar-refractivity contribution in [3.8, 4) is 11.5 Å². The third-order valence-electron chi connectivity index (χ3n) is 3.06. The van der Waals surface area contributed by atoms with Crippen LogP contribution >= 0.6 is 27.5 Å². The smallest absolute Gasteiger partial charge is 0.349 e. The molecule has 2 rings (SSSR count). The monoisotopic (exact) mass is 442 g/mol. The molecule has 0 aliphatic rings. The van der Waals surface area contributed by atoms with Crippen LogP contribution in [0.25, 0.3) is 0 Å². The number of hydrogen-bond acceptors (Lipinski definition) is 6. The number of benzene rings is 2. The van der Waals surface area contributed by atoms with Gasteiger partial charge in [0.2, 0.25) is 0 Å². The molecule has 2 aromatic rings. The lowest BCUT2D eigenvalue weighted by Gasteiger charge is -2.09. The van der Waals surface area contributed by atoms with Crippen molar-refractivity contribution < 1.29 is 28.5 Å². The molecule has 6 nitrogen and oxygen atoms in total. The summed E-state index contributed by atoms with van der Waals surface area (Å²) in [6.07, 6.45) is 0. The molecule has 0 N–H and O–H groups in total. The van der Waals surface area contributed by atoms with Gasteiger partial charge in [0.1, 0.15) is 18.1 Å². The molecule has 0 aliphatic heterocycles. The summed E-state index contributed by atoms with van der Waals surface area (Å²) >= 11 is 9.30. The van der Waals surface area contributed by atoms with Gasteiger partial charge in [0.05, 0.1) is 17.2 Å². The molecule has 138 valence electrons. The van der Waals surface area contributed by atoms with Crippen molar-refractivity contribution >= 4 is 39.5 Å². The molecule has 0 heterocycles. The normalized spacial score (nSPS) is 10.3. The van der Waals surface area contributed by atoms with E-state index in [1.165, 1.54) is 13.2 Å². The number of ether oxygens (including phenoxy) is 4. The van der Waals surface area contributed by atoms with E-state index in [9.17, 15) is 9.59 Å². The van der Waals surface area contributed by atoms with E-state index >= 15 is 0 Å². The van der Waals surface area contributed by atoms with E-state index in [0.29, 0.717) is 17.4 Å². The van der Waals surface area contributed by atoms with Crippen LogP contribution in [0.1, 0.15) is 10.4 Å². The molecule has 0 amide bonds. The topological polar surface area (TPSA) is 71.1 Å². The minimum atomic E-state index is -0.631. The molecule has 2 aromatic carbocycles. The fourth-order valence-electron chi connectivity index (χ4n) is 1.88. The maximum Gasteiger partial charge on any atom is 0.349 e. The van der Waals surface area contributed by atoms with Gasteiger partial charge >= 0.3 is 11.9 Å². The number of carbonyl (C=O) groups is 2. The van der Waals surface area contributed by atoms with E-state index in [1.54, 1.807) is 36.4 Å². The van der Waals surface area contributed by atoms with E-state index in [0.717, 1.165) is 4.47 Å². The van der Waals surface area contributed by atoms with Crippen molar-refractivity contribution in [3.63, 3.8) is 0 Å². The molecule has 0 bridgehead atoms. The number of halogens is 2. The summed E-state index contributed by atoms with van der Waals surface area (Å²) < 4.78 is 21.1. The molecular weight excluding hydrogens is 428 g/mol. The highest BCUT2D eigenvalue weighted by Gasteiger charge is 2.12. The summed E-state index contributed by atoms with van der Waals surface area (Å²) in [6.45, 7) is 0.112. The highest BCUT2D eigenvalue weighted by atomic mass is 79.9. The van der Waals surface area contributed by atoms with Crippen molar-refractivity contribution in [1.82, 2.24) is 0 Å². The summed E-state index contributed by atoms with van der Waals surface area (Å²) in [6, 6.07) is 11.1. The second-order valence-electron chi connectivity index (χ2n) is 4.99. The van der Waals surface area contributed by atoms with E-state index in [-0.39, 0.29) is 24.5 Å². The average Bonchev–Trinajstić information content (AvgIpc) is 2.61. The molecule has 0 unspecified atom stereocenters. The molecule has 0 aromatic heterocycles. The third kappa shape index (κ3) is 6.33. The van der Waals surface area contributed by atoms with Crippen LogP contribution in [-0.4, -0.2) is 38.9 Å². The first-order valence-electron chi connectivity index (χ1n) is 7.54. The summed E-state index contributed by atoms with van der Waals surface area (Å²) in [5, 5.41) is 0.368.